The molecule has 3 N–H and O–H groups in total. The standard InChI is InChI=1S/C19H25N3O/c1-3-23-18-13-15(2)9-10-17(18)14-22-19(20)21-12-11-16-7-5-4-6-8-16/h4-10,13H,3,11-12,14H2,1-2H3,(H3,20,21,22). The van der Waals surface area contributed by atoms with Gasteiger partial charge in [0.15, 0.2) is 5.96 Å². The summed E-state index contributed by atoms with van der Waals surface area (Å²) in [4.78, 5) is 4.40. The van der Waals surface area contributed by atoms with E-state index >= 15 is 0 Å². The Kier molecular flexibility index (Phi) is 6.48. The zero-order valence-electron chi connectivity index (χ0n) is 13.9. The Hall–Kier alpha value is -2.49. The molecule has 2 aromatic rings. The summed E-state index contributed by atoms with van der Waals surface area (Å²) in [5, 5.41) is 3.15. The Morgan fingerprint density at radius 1 is 1.17 bits per heavy atom. The Bertz CT molecular complexity index is 638. The quantitative estimate of drug-likeness (QED) is 0.610. The number of benzene rings is 2. The van der Waals surface area contributed by atoms with E-state index in [2.05, 4.69) is 35.4 Å². The molecule has 23 heavy (non-hydrogen) atoms. The summed E-state index contributed by atoms with van der Waals surface area (Å²) in [6.45, 7) is 5.96. The van der Waals surface area contributed by atoms with Gasteiger partial charge in [0.1, 0.15) is 5.75 Å². The van der Waals surface area contributed by atoms with Crippen molar-refractivity contribution in [1.29, 1.82) is 0 Å². The summed E-state index contributed by atoms with van der Waals surface area (Å²) in [6.07, 6.45) is 0.922. The number of guanidine groups is 1. The van der Waals surface area contributed by atoms with Crippen LogP contribution in [0.4, 0.5) is 0 Å². The number of hydrogen-bond acceptors (Lipinski definition) is 2. The fourth-order valence-corrected chi connectivity index (χ4v) is 2.29. The first kappa shape index (κ1) is 16.9. The highest BCUT2D eigenvalue weighted by Crippen LogP contribution is 2.21. The van der Waals surface area contributed by atoms with Gasteiger partial charge in [0.2, 0.25) is 0 Å². The number of nitrogens with two attached hydrogens (primary N) is 1. The average molecular weight is 311 g/mol. The highest BCUT2D eigenvalue weighted by Gasteiger charge is 2.03. The monoisotopic (exact) mass is 311 g/mol. The second kappa shape index (κ2) is 8.83. The molecule has 0 saturated heterocycles. The molecule has 4 heteroatoms. The molecule has 0 aliphatic heterocycles. The van der Waals surface area contributed by atoms with Crippen LogP contribution in [0.5, 0.6) is 5.75 Å². The lowest BCUT2D eigenvalue weighted by atomic mass is 10.1. The molecule has 0 bridgehead atoms. The van der Waals surface area contributed by atoms with Gasteiger partial charge in [0.05, 0.1) is 13.2 Å². The summed E-state index contributed by atoms with van der Waals surface area (Å²) in [5.74, 6) is 1.34. The fraction of sp³-hybridized carbons (Fsp3) is 0.316. The minimum absolute atomic E-state index is 0.462. The summed E-state index contributed by atoms with van der Waals surface area (Å²) in [5.41, 5.74) is 9.44. The molecule has 122 valence electrons. The van der Waals surface area contributed by atoms with Gasteiger partial charge in [-0.1, -0.05) is 42.5 Å². The first-order chi connectivity index (χ1) is 11.2. The predicted molar refractivity (Wildman–Crippen MR) is 95.8 cm³/mol. The van der Waals surface area contributed by atoms with Gasteiger partial charge in [0.25, 0.3) is 0 Å². The van der Waals surface area contributed by atoms with Crippen molar-refractivity contribution in [2.45, 2.75) is 26.8 Å². The van der Waals surface area contributed by atoms with Gasteiger partial charge in [-0.2, -0.15) is 0 Å². The molecule has 0 unspecified atom stereocenters. The van der Waals surface area contributed by atoms with Crippen molar-refractivity contribution in [2.24, 2.45) is 10.7 Å². The van der Waals surface area contributed by atoms with Crippen LogP contribution < -0.4 is 15.8 Å². The van der Waals surface area contributed by atoms with Crippen molar-refractivity contribution in [3.8, 4) is 5.75 Å². The Balaban J connectivity index is 1.87. The Labute approximate surface area is 138 Å². The number of aliphatic imine (C=N–C) groups is 1. The molecule has 0 aliphatic rings. The van der Waals surface area contributed by atoms with Crippen LogP contribution in [-0.2, 0) is 13.0 Å². The summed E-state index contributed by atoms with van der Waals surface area (Å²) >= 11 is 0. The van der Waals surface area contributed by atoms with Crippen LogP contribution in [0.3, 0.4) is 0 Å². The maximum absolute atomic E-state index is 5.94. The van der Waals surface area contributed by atoms with Crippen molar-refractivity contribution >= 4 is 5.96 Å². The minimum Gasteiger partial charge on any atom is -0.494 e. The number of nitrogens with one attached hydrogen (secondary N) is 1. The van der Waals surface area contributed by atoms with Crippen LogP contribution >= 0.6 is 0 Å². The molecule has 0 aromatic heterocycles. The maximum Gasteiger partial charge on any atom is 0.188 e. The highest BCUT2D eigenvalue weighted by atomic mass is 16.5. The third-order valence-corrected chi connectivity index (χ3v) is 3.50. The third kappa shape index (κ3) is 5.66. The molecule has 0 spiro atoms. The molecular formula is C19H25N3O. The number of nitrogens with zero attached hydrogens (tertiary/aromatic N) is 1. The van der Waals surface area contributed by atoms with Gasteiger partial charge in [-0.15, -0.1) is 0 Å². The molecule has 0 heterocycles. The third-order valence-electron chi connectivity index (χ3n) is 3.50. The van der Waals surface area contributed by atoms with Gasteiger partial charge < -0.3 is 15.8 Å². The van der Waals surface area contributed by atoms with E-state index < -0.39 is 0 Å². The second-order valence-corrected chi connectivity index (χ2v) is 5.41. The zero-order chi connectivity index (χ0) is 16.5. The van der Waals surface area contributed by atoms with Crippen molar-refractivity contribution in [3.63, 3.8) is 0 Å². The molecule has 4 nitrogen and oxygen atoms in total. The van der Waals surface area contributed by atoms with Crippen molar-refractivity contribution in [1.82, 2.24) is 5.32 Å². The normalized spacial score (nSPS) is 11.3. The number of aryl methyl sites for hydroxylation is 1. The van der Waals surface area contributed by atoms with Crippen LogP contribution in [0, 0.1) is 6.92 Å². The lowest BCUT2D eigenvalue weighted by molar-refractivity contribution is 0.336. The van der Waals surface area contributed by atoms with Gasteiger partial charge in [0, 0.05) is 12.1 Å². The van der Waals surface area contributed by atoms with Gasteiger partial charge in [-0.3, -0.25) is 0 Å². The maximum atomic E-state index is 5.94. The van der Waals surface area contributed by atoms with E-state index in [0.29, 0.717) is 19.1 Å². The highest BCUT2D eigenvalue weighted by molar-refractivity contribution is 5.77. The van der Waals surface area contributed by atoms with Crippen molar-refractivity contribution < 1.29 is 4.74 Å². The van der Waals surface area contributed by atoms with E-state index in [-0.39, 0.29) is 0 Å². The van der Waals surface area contributed by atoms with Crippen molar-refractivity contribution in [2.75, 3.05) is 13.2 Å². The molecular weight excluding hydrogens is 286 g/mol. The van der Waals surface area contributed by atoms with Gasteiger partial charge in [-0.25, -0.2) is 4.99 Å². The Morgan fingerprint density at radius 2 is 1.96 bits per heavy atom. The fourth-order valence-electron chi connectivity index (χ4n) is 2.29. The average Bonchev–Trinajstić information content (AvgIpc) is 2.55. The first-order valence-electron chi connectivity index (χ1n) is 7.99. The molecule has 0 aliphatic carbocycles. The number of rotatable bonds is 7. The lowest BCUT2D eigenvalue weighted by Crippen LogP contribution is -2.33. The Morgan fingerprint density at radius 3 is 2.70 bits per heavy atom. The molecule has 0 amide bonds. The topological polar surface area (TPSA) is 59.6 Å². The van der Waals surface area contributed by atoms with Crippen LogP contribution in [0.1, 0.15) is 23.6 Å². The van der Waals surface area contributed by atoms with E-state index in [9.17, 15) is 0 Å². The van der Waals surface area contributed by atoms with E-state index in [1.165, 1.54) is 11.1 Å². The van der Waals surface area contributed by atoms with E-state index in [4.69, 9.17) is 10.5 Å². The molecule has 0 atom stereocenters. The largest absolute Gasteiger partial charge is 0.494 e. The smallest absolute Gasteiger partial charge is 0.188 e. The van der Waals surface area contributed by atoms with Crippen LogP contribution in [0.15, 0.2) is 53.5 Å². The summed E-state index contributed by atoms with van der Waals surface area (Å²) in [6, 6.07) is 16.5. The van der Waals surface area contributed by atoms with Gasteiger partial charge >= 0.3 is 0 Å². The second-order valence-electron chi connectivity index (χ2n) is 5.41. The molecule has 0 fully saturated rings. The SMILES string of the molecule is CCOc1cc(C)ccc1CN=C(N)NCCc1ccccc1. The summed E-state index contributed by atoms with van der Waals surface area (Å²) in [7, 11) is 0. The van der Waals surface area contributed by atoms with Crippen LogP contribution in [-0.4, -0.2) is 19.1 Å². The first-order valence-corrected chi connectivity index (χ1v) is 7.99. The molecule has 0 radical (unpaired) electrons. The van der Waals surface area contributed by atoms with Crippen LogP contribution in [0.25, 0.3) is 0 Å². The molecule has 2 aromatic carbocycles. The molecule has 2 rings (SSSR count). The van der Waals surface area contributed by atoms with Crippen LogP contribution in [0.2, 0.25) is 0 Å². The van der Waals surface area contributed by atoms with Crippen molar-refractivity contribution in [3.05, 3.63) is 65.2 Å². The van der Waals surface area contributed by atoms with E-state index in [1.807, 2.05) is 37.3 Å². The predicted octanol–water partition coefficient (Wildman–Crippen LogP) is 3.04. The van der Waals surface area contributed by atoms with E-state index in [1.54, 1.807) is 0 Å². The minimum atomic E-state index is 0.462. The van der Waals surface area contributed by atoms with E-state index in [0.717, 1.165) is 24.3 Å². The number of ether oxygens (including phenoxy) is 1. The lowest BCUT2D eigenvalue weighted by Gasteiger charge is -2.10. The van der Waals surface area contributed by atoms with Gasteiger partial charge in [-0.05, 0) is 37.5 Å². The zero-order valence-corrected chi connectivity index (χ0v) is 13.9. The number of hydrogen-bond donors (Lipinski definition) is 2. The summed E-state index contributed by atoms with van der Waals surface area (Å²) < 4.78 is 5.66. The molecule has 0 saturated carbocycles.